The molecule has 0 radical (unpaired) electrons. The third kappa shape index (κ3) is 3.30. The van der Waals surface area contributed by atoms with E-state index in [9.17, 15) is 0 Å². The molecule has 0 aromatic carbocycles. The molecular weight excluding hydrogens is 214 g/mol. The minimum absolute atomic E-state index is 0.445. The van der Waals surface area contributed by atoms with E-state index in [1.807, 2.05) is 6.07 Å². The van der Waals surface area contributed by atoms with Crippen LogP contribution in [-0.2, 0) is 0 Å². The van der Waals surface area contributed by atoms with Crippen LogP contribution < -0.4 is 15.5 Å². The molecular formula is C12H21N5. The maximum absolute atomic E-state index is 4.34. The van der Waals surface area contributed by atoms with Crippen LogP contribution in [0.5, 0.6) is 0 Å². The van der Waals surface area contributed by atoms with Crippen LogP contribution in [0.25, 0.3) is 0 Å². The molecule has 0 unspecified atom stereocenters. The number of nitrogens with zero attached hydrogens (tertiary/aromatic N) is 3. The van der Waals surface area contributed by atoms with E-state index in [4.69, 9.17) is 0 Å². The standard InChI is InChI=1S/C12H21N5/c1-3-10(2)16-11-8-12(15-9-14-11)17-6-4-13-5-7-17/h8-10,13H,3-7H2,1-2H3,(H,14,15,16)/t10-/m1/s1. The van der Waals surface area contributed by atoms with Gasteiger partial charge in [0.15, 0.2) is 0 Å². The molecule has 1 aliphatic rings. The van der Waals surface area contributed by atoms with E-state index in [0.717, 1.165) is 44.2 Å². The SMILES string of the molecule is CC[C@@H](C)Nc1cc(N2CCNCC2)ncn1. The summed E-state index contributed by atoms with van der Waals surface area (Å²) in [6.45, 7) is 8.40. The average molecular weight is 235 g/mol. The number of anilines is 2. The Balaban J connectivity index is 2.05. The second-order valence-electron chi connectivity index (χ2n) is 4.45. The van der Waals surface area contributed by atoms with Crippen LogP contribution in [0.1, 0.15) is 20.3 Å². The van der Waals surface area contributed by atoms with Crippen LogP contribution in [0.15, 0.2) is 12.4 Å². The van der Waals surface area contributed by atoms with Crippen molar-refractivity contribution in [2.45, 2.75) is 26.3 Å². The van der Waals surface area contributed by atoms with E-state index in [0.29, 0.717) is 6.04 Å². The number of aromatic nitrogens is 2. The van der Waals surface area contributed by atoms with Gasteiger partial charge in [-0.15, -0.1) is 0 Å². The maximum Gasteiger partial charge on any atom is 0.134 e. The number of hydrogen-bond donors (Lipinski definition) is 2. The van der Waals surface area contributed by atoms with Crippen LogP contribution in [0.4, 0.5) is 11.6 Å². The molecule has 1 atom stereocenters. The Morgan fingerprint density at radius 3 is 2.88 bits per heavy atom. The summed E-state index contributed by atoms with van der Waals surface area (Å²) in [5.41, 5.74) is 0. The average Bonchev–Trinajstić information content (AvgIpc) is 2.40. The summed E-state index contributed by atoms with van der Waals surface area (Å²) >= 11 is 0. The largest absolute Gasteiger partial charge is 0.367 e. The van der Waals surface area contributed by atoms with Crippen molar-refractivity contribution < 1.29 is 0 Å². The van der Waals surface area contributed by atoms with Crippen molar-refractivity contribution in [1.82, 2.24) is 15.3 Å². The molecule has 0 aliphatic carbocycles. The highest BCUT2D eigenvalue weighted by molar-refractivity contribution is 5.49. The summed E-state index contributed by atoms with van der Waals surface area (Å²) in [7, 11) is 0. The smallest absolute Gasteiger partial charge is 0.134 e. The van der Waals surface area contributed by atoms with Gasteiger partial charge in [-0.2, -0.15) is 0 Å². The van der Waals surface area contributed by atoms with Gasteiger partial charge in [0.2, 0.25) is 0 Å². The molecule has 1 aliphatic heterocycles. The molecule has 2 heterocycles. The third-order valence-electron chi connectivity index (χ3n) is 3.10. The molecule has 0 saturated carbocycles. The van der Waals surface area contributed by atoms with E-state index in [-0.39, 0.29) is 0 Å². The van der Waals surface area contributed by atoms with Gasteiger partial charge in [-0.1, -0.05) is 6.92 Å². The quantitative estimate of drug-likeness (QED) is 0.818. The summed E-state index contributed by atoms with van der Waals surface area (Å²) in [5, 5.41) is 6.72. The molecule has 1 aromatic heterocycles. The van der Waals surface area contributed by atoms with Gasteiger partial charge in [-0.25, -0.2) is 9.97 Å². The molecule has 94 valence electrons. The minimum Gasteiger partial charge on any atom is -0.367 e. The Labute approximate surface area is 103 Å². The van der Waals surface area contributed by atoms with Crippen LogP contribution in [0, 0.1) is 0 Å². The first-order chi connectivity index (χ1) is 8.29. The van der Waals surface area contributed by atoms with Gasteiger partial charge >= 0.3 is 0 Å². The molecule has 1 fully saturated rings. The molecule has 1 aromatic rings. The zero-order valence-electron chi connectivity index (χ0n) is 10.6. The van der Waals surface area contributed by atoms with Gasteiger partial charge in [-0.3, -0.25) is 0 Å². The first-order valence-corrected chi connectivity index (χ1v) is 6.34. The molecule has 5 nitrogen and oxygen atoms in total. The number of rotatable bonds is 4. The summed E-state index contributed by atoms with van der Waals surface area (Å²) < 4.78 is 0. The van der Waals surface area contributed by atoms with Crippen molar-refractivity contribution in [2.24, 2.45) is 0 Å². The van der Waals surface area contributed by atoms with E-state index in [2.05, 4.69) is 39.3 Å². The van der Waals surface area contributed by atoms with Gasteiger partial charge in [0.25, 0.3) is 0 Å². The normalized spacial score (nSPS) is 17.9. The van der Waals surface area contributed by atoms with E-state index in [1.54, 1.807) is 6.33 Å². The predicted octanol–water partition coefficient (Wildman–Crippen LogP) is 1.10. The second-order valence-corrected chi connectivity index (χ2v) is 4.45. The number of piperazine rings is 1. The van der Waals surface area contributed by atoms with E-state index >= 15 is 0 Å². The predicted molar refractivity (Wildman–Crippen MR) is 70.5 cm³/mol. The van der Waals surface area contributed by atoms with Gasteiger partial charge in [-0.05, 0) is 13.3 Å². The molecule has 2 N–H and O–H groups in total. The lowest BCUT2D eigenvalue weighted by molar-refractivity contribution is 0.584. The van der Waals surface area contributed by atoms with Crippen molar-refractivity contribution in [3.05, 3.63) is 12.4 Å². The Hall–Kier alpha value is -1.36. The summed E-state index contributed by atoms with van der Waals surface area (Å²) in [4.78, 5) is 10.9. The maximum atomic E-state index is 4.34. The first kappa shape index (κ1) is 12.1. The Morgan fingerprint density at radius 2 is 2.18 bits per heavy atom. The van der Waals surface area contributed by atoms with E-state index < -0.39 is 0 Å². The van der Waals surface area contributed by atoms with Crippen LogP contribution in [-0.4, -0.2) is 42.2 Å². The fourth-order valence-electron chi connectivity index (χ4n) is 1.85. The van der Waals surface area contributed by atoms with Crippen molar-refractivity contribution in [3.63, 3.8) is 0 Å². The van der Waals surface area contributed by atoms with Crippen LogP contribution in [0.2, 0.25) is 0 Å². The number of hydrogen-bond acceptors (Lipinski definition) is 5. The van der Waals surface area contributed by atoms with Gasteiger partial charge < -0.3 is 15.5 Å². The topological polar surface area (TPSA) is 53.1 Å². The summed E-state index contributed by atoms with van der Waals surface area (Å²) in [6.07, 6.45) is 2.73. The summed E-state index contributed by atoms with van der Waals surface area (Å²) in [6, 6.07) is 2.48. The molecule has 5 heteroatoms. The third-order valence-corrected chi connectivity index (χ3v) is 3.10. The molecule has 2 rings (SSSR count). The fourth-order valence-corrected chi connectivity index (χ4v) is 1.85. The van der Waals surface area contributed by atoms with Gasteiger partial charge in [0.1, 0.15) is 18.0 Å². The zero-order chi connectivity index (χ0) is 12.1. The highest BCUT2D eigenvalue weighted by Crippen LogP contribution is 2.15. The van der Waals surface area contributed by atoms with Crippen molar-refractivity contribution in [3.8, 4) is 0 Å². The molecule has 0 amide bonds. The van der Waals surface area contributed by atoms with E-state index in [1.165, 1.54) is 0 Å². The molecule has 17 heavy (non-hydrogen) atoms. The highest BCUT2D eigenvalue weighted by Gasteiger charge is 2.12. The van der Waals surface area contributed by atoms with Crippen molar-refractivity contribution in [2.75, 3.05) is 36.4 Å². The fraction of sp³-hybridized carbons (Fsp3) is 0.667. The second kappa shape index (κ2) is 5.82. The summed E-state index contributed by atoms with van der Waals surface area (Å²) in [5.74, 6) is 1.94. The molecule has 0 bridgehead atoms. The van der Waals surface area contributed by atoms with Gasteiger partial charge in [0, 0.05) is 38.3 Å². The van der Waals surface area contributed by atoms with Crippen LogP contribution >= 0.6 is 0 Å². The molecule has 0 spiro atoms. The molecule has 1 saturated heterocycles. The number of nitrogens with one attached hydrogen (secondary N) is 2. The van der Waals surface area contributed by atoms with Gasteiger partial charge in [0.05, 0.1) is 0 Å². The zero-order valence-corrected chi connectivity index (χ0v) is 10.6. The van der Waals surface area contributed by atoms with Crippen LogP contribution in [0.3, 0.4) is 0 Å². The Bertz CT molecular complexity index is 349. The Kier molecular flexibility index (Phi) is 4.14. The lowest BCUT2D eigenvalue weighted by Crippen LogP contribution is -2.43. The first-order valence-electron chi connectivity index (χ1n) is 6.34. The highest BCUT2D eigenvalue weighted by atomic mass is 15.2. The minimum atomic E-state index is 0.445. The van der Waals surface area contributed by atoms with Crippen molar-refractivity contribution >= 4 is 11.6 Å². The lowest BCUT2D eigenvalue weighted by Gasteiger charge is -2.28. The monoisotopic (exact) mass is 235 g/mol. The Morgan fingerprint density at radius 1 is 1.41 bits per heavy atom. The lowest BCUT2D eigenvalue weighted by atomic mass is 10.2. The van der Waals surface area contributed by atoms with Crippen molar-refractivity contribution in [1.29, 1.82) is 0 Å².